The van der Waals surface area contributed by atoms with E-state index in [4.69, 9.17) is 5.73 Å². The van der Waals surface area contributed by atoms with Crippen molar-refractivity contribution in [3.05, 3.63) is 28.7 Å². The molecule has 3 atom stereocenters. The number of amides is 2. The number of hydrogen-bond acceptors (Lipinski definition) is 13. The number of carbonyl (C=O) groups is 4. The van der Waals surface area contributed by atoms with Gasteiger partial charge in [0, 0.05) is 48.4 Å². The second-order valence-electron chi connectivity index (χ2n) is 8.21. The summed E-state index contributed by atoms with van der Waals surface area (Å²) in [5, 5.41) is 29.6. The van der Waals surface area contributed by atoms with Gasteiger partial charge >= 0.3 is 5.97 Å². The molecule has 36 heavy (non-hydrogen) atoms. The second kappa shape index (κ2) is 11.0. The third-order valence-corrected chi connectivity index (χ3v) is 7.81. The van der Waals surface area contributed by atoms with Crippen LogP contribution in [0.15, 0.2) is 28.1 Å². The average molecular weight is 537 g/mol. The van der Waals surface area contributed by atoms with Gasteiger partial charge in [-0.05, 0) is 18.5 Å². The molecule has 1 fully saturated rings. The first-order valence-corrected chi connectivity index (χ1v) is 12.8. The Morgan fingerprint density at radius 1 is 1.44 bits per heavy atom. The van der Waals surface area contributed by atoms with E-state index in [0.29, 0.717) is 24.0 Å². The van der Waals surface area contributed by atoms with Crippen molar-refractivity contribution < 1.29 is 29.5 Å². The van der Waals surface area contributed by atoms with Crippen molar-refractivity contribution >= 4 is 58.2 Å². The maximum atomic E-state index is 12.9. The molecule has 0 aromatic carbocycles. The van der Waals surface area contributed by atoms with Crippen molar-refractivity contribution in [2.24, 2.45) is 5.16 Å². The summed E-state index contributed by atoms with van der Waals surface area (Å²) in [6, 6.07) is -1.05. The lowest BCUT2D eigenvalue weighted by molar-refractivity contribution is -0.133. The molecule has 0 radical (unpaired) electrons. The number of thioether (sulfide) groups is 1. The highest BCUT2D eigenvalue weighted by atomic mass is 32.2. The molecule has 0 spiro atoms. The van der Waals surface area contributed by atoms with Gasteiger partial charge in [0.1, 0.15) is 23.4 Å². The van der Waals surface area contributed by atoms with E-state index in [9.17, 15) is 29.5 Å². The minimum atomic E-state index is -1.24. The second-order valence-corrected chi connectivity index (χ2v) is 10.1. The fraction of sp³-hybridized carbons (Fsp3) is 0.450. The number of nitrogens with zero attached hydrogens (tertiary/aromatic N) is 4. The standard InChI is InChI=1S/C20H24N8O6S2/c21-20-25-15(27-36-20)14(26-34)16(30)23-12(7-29)17-24-13(19(32)33)10(8-35-17)5-9-2-4-28(18(9)31)11-1-3-22-6-11/h2,7,11-12,17,22,24,34H,1,3-6,8H2,(H,23,30)(H,32,33)(H2,21,25,27)/b26-14-/t11-,12-,17-/m1/s1. The number of hydrogen-bond donors (Lipinski definition) is 6. The summed E-state index contributed by atoms with van der Waals surface area (Å²) >= 11 is 2.00. The summed E-state index contributed by atoms with van der Waals surface area (Å²) in [6.45, 7) is 2.09. The van der Waals surface area contributed by atoms with E-state index < -0.39 is 29.0 Å². The van der Waals surface area contributed by atoms with E-state index >= 15 is 0 Å². The number of aldehydes is 1. The van der Waals surface area contributed by atoms with Crippen LogP contribution >= 0.6 is 23.3 Å². The largest absolute Gasteiger partial charge is 0.477 e. The number of aliphatic carboxylic acids is 1. The highest BCUT2D eigenvalue weighted by molar-refractivity contribution is 8.00. The van der Waals surface area contributed by atoms with Gasteiger partial charge < -0.3 is 41.7 Å². The van der Waals surface area contributed by atoms with Gasteiger partial charge in [-0.2, -0.15) is 9.36 Å². The molecule has 0 aliphatic carbocycles. The Morgan fingerprint density at radius 3 is 2.86 bits per heavy atom. The predicted octanol–water partition coefficient (Wildman–Crippen LogP) is -1.50. The molecule has 3 aliphatic rings. The molecule has 4 heterocycles. The maximum absolute atomic E-state index is 12.9. The van der Waals surface area contributed by atoms with Crippen LogP contribution in [0.4, 0.5) is 5.13 Å². The van der Waals surface area contributed by atoms with Gasteiger partial charge in [0.2, 0.25) is 17.4 Å². The number of aromatic nitrogens is 2. The zero-order valence-electron chi connectivity index (χ0n) is 18.8. The minimum absolute atomic E-state index is 0.0537. The number of rotatable bonds is 9. The van der Waals surface area contributed by atoms with Crippen molar-refractivity contribution in [3.63, 3.8) is 0 Å². The molecule has 16 heteroatoms. The van der Waals surface area contributed by atoms with Crippen LogP contribution in [-0.2, 0) is 19.2 Å². The Hall–Kier alpha value is -3.50. The number of carbonyl (C=O) groups excluding carboxylic acids is 3. The maximum Gasteiger partial charge on any atom is 0.351 e. The highest BCUT2D eigenvalue weighted by Crippen LogP contribution is 2.31. The van der Waals surface area contributed by atoms with E-state index in [1.54, 1.807) is 4.90 Å². The molecule has 0 unspecified atom stereocenters. The minimum Gasteiger partial charge on any atom is -0.477 e. The van der Waals surface area contributed by atoms with Crippen LogP contribution in [0.1, 0.15) is 18.7 Å². The zero-order chi connectivity index (χ0) is 25.8. The Kier molecular flexibility index (Phi) is 7.85. The molecule has 1 saturated heterocycles. The molecule has 14 nitrogen and oxygen atoms in total. The van der Waals surface area contributed by atoms with Crippen molar-refractivity contribution in [1.29, 1.82) is 0 Å². The van der Waals surface area contributed by atoms with Crippen LogP contribution in [0.25, 0.3) is 0 Å². The summed E-state index contributed by atoms with van der Waals surface area (Å²) in [6.07, 6.45) is 3.32. The third-order valence-electron chi connectivity index (χ3n) is 5.98. The number of nitrogens with one attached hydrogen (secondary N) is 3. The smallest absolute Gasteiger partial charge is 0.351 e. The molecular formula is C20H24N8O6S2. The molecule has 1 aromatic heterocycles. The van der Waals surface area contributed by atoms with Gasteiger partial charge in [0.05, 0.1) is 0 Å². The molecule has 1 aromatic rings. The molecule has 3 aliphatic heterocycles. The zero-order valence-corrected chi connectivity index (χ0v) is 20.5. The van der Waals surface area contributed by atoms with Crippen LogP contribution in [-0.4, -0.2) is 97.2 Å². The lowest BCUT2D eigenvalue weighted by Crippen LogP contribution is -2.53. The molecule has 0 saturated carbocycles. The van der Waals surface area contributed by atoms with Gasteiger partial charge in [0.15, 0.2) is 5.13 Å². The van der Waals surface area contributed by atoms with E-state index in [0.717, 1.165) is 31.0 Å². The summed E-state index contributed by atoms with van der Waals surface area (Å²) in [4.78, 5) is 54.8. The molecular weight excluding hydrogens is 512 g/mol. The normalized spacial score (nSPS) is 23.3. The van der Waals surface area contributed by atoms with E-state index in [1.807, 2.05) is 6.08 Å². The first-order chi connectivity index (χ1) is 17.3. The van der Waals surface area contributed by atoms with Crippen molar-refractivity contribution in [3.8, 4) is 0 Å². The highest BCUT2D eigenvalue weighted by Gasteiger charge is 2.36. The van der Waals surface area contributed by atoms with Gasteiger partial charge in [0.25, 0.3) is 5.91 Å². The average Bonchev–Trinajstić information content (AvgIpc) is 3.61. The summed E-state index contributed by atoms with van der Waals surface area (Å²) in [5.41, 5.74) is 5.87. The molecule has 4 rings (SSSR count). The number of carboxylic acid groups (broad SMARTS) is 1. The fourth-order valence-corrected chi connectivity index (χ4v) is 5.78. The van der Waals surface area contributed by atoms with Crippen LogP contribution in [0.2, 0.25) is 0 Å². The Bertz CT molecular complexity index is 1160. The summed E-state index contributed by atoms with van der Waals surface area (Å²) < 4.78 is 3.80. The van der Waals surface area contributed by atoms with E-state index in [2.05, 4.69) is 30.5 Å². The Balaban J connectivity index is 1.44. The first-order valence-electron chi connectivity index (χ1n) is 10.9. The van der Waals surface area contributed by atoms with Gasteiger partial charge in [-0.3, -0.25) is 9.59 Å². The fourth-order valence-electron chi connectivity index (χ4n) is 4.18. The Morgan fingerprint density at radius 2 is 2.25 bits per heavy atom. The predicted molar refractivity (Wildman–Crippen MR) is 130 cm³/mol. The van der Waals surface area contributed by atoms with Crippen LogP contribution in [0.5, 0.6) is 0 Å². The molecule has 2 amide bonds. The van der Waals surface area contributed by atoms with E-state index in [1.165, 1.54) is 11.8 Å². The SMILES string of the molecule is Nc1nc(/C(=N/O)C(=O)N[C@H](C=O)[C@@H]2NC(C(=O)O)=C(CC3=CCN([C@@H]4CCNC4)C3=O)CS2)ns1. The number of carboxylic acids is 1. The molecule has 7 N–H and O–H groups in total. The van der Waals surface area contributed by atoms with Crippen LogP contribution < -0.4 is 21.7 Å². The number of oxime groups is 1. The Labute approximate surface area is 213 Å². The lowest BCUT2D eigenvalue weighted by atomic mass is 10.0. The third kappa shape index (κ3) is 5.34. The summed E-state index contributed by atoms with van der Waals surface area (Å²) in [5.74, 6) is -2.27. The van der Waals surface area contributed by atoms with Crippen molar-refractivity contribution in [1.82, 2.24) is 30.2 Å². The molecule has 0 bridgehead atoms. The van der Waals surface area contributed by atoms with Gasteiger partial charge in [-0.15, -0.1) is 11.8 Å². The summed E-state index contributed by atoms with van der Waals surface area (Å²) in [7, 11) is 0. The topological polar surface area (TPSA) is 212 Å². The number of nitrogen functional groups attached to an aromatic ring is 1. The van der Waals surface area contributed by atoms with Gasteiger partial charge in [-0.1, -0.05) is 11.2 Å². The van der Waals surface area contributed by atoms with Crippen molar-refractivity contribution in [2.75, 3.05) is 31.1 Å². The van der Waals surface area contributed by atoms with Crippen molar-refractivity contribution in [2.45, 2.75) is 30.3 Å². The van der Waals surface area contributed by atoms with Crippen LogP contribution in [0.3, 0.4) is 0 Å². The monoisotopic (exact) mass is 536 g/mol. The lowest BCUT2D eigenvalue weighted by Gasteiger charge is -2.31. The quantitative estimate of drug-likeness (QED) is 0.0921. The van der Waals surface area contributed by atoms with Crippen LogP contribution in [0, 0.1) is 0 Å². The number of nitrogens with two attached hydrogens (primary N) is 1. The van der Waals surface area contributed by atoms with Gasteiger partial charge in [-0.25, -0.2) is 4.79 Å². The first kappa shape index (κ1) is 25.6. The van der Waals surface area contributed by atoms with E-state index in [-0.39, 0.29) is 40.8 Å². The molecule has 192 valence electrons. The number of anilines is 1.